The van der Waals surface area contributed by atoms with Gasteiger partial charge in [0.2, 0.25) is 0 Å². The number of aliphatic hydroxyl groups excluding tert-OH is 2. The van der Waals surface area contributed by atoms with Gasteiger partial charge < -0.3 is 10.2 Å². The van der Waals surface area contributed by atoms with E-state index >= 15 is 0 Å². The van der Waals surface area contributed by atoms with Gasteiger partial charge in [0.05, 0.1) is 17.7 Å². The SMILES string of the molecule is CC1=NN(c2ccccc2)C(O)C1C(O)C(C)C. The van der Waals surface area contributed by atoms with Crippen LogP contribution in [0.25, 0.3) is 0 Å². The second kappa shape index (κ2) is 5.08. The molecule has 4 heteroatoms. The van der Waals surface area contributed by atoms with Gasteiger partial charge in [-0.2, -0.15) is 5.10 Å². The van der Waals surface area contributed by atoms with Crippen LogP contribution in [0.5, 0.6) is 0 Å². The lowest BCUT2D eigenvalue weighted by atomic mass is 9.89. The van der Waals surface area contributed by atoms with Crippen molar-refractivity contribution in [1.82, 2.24) is 0 Å². The molecule has 0 aliphatic carbocycles. The summed E-state index contributed by atoms with van der Waals surface area (Å²) in [5.74, 6) is -0.240. The third kappa shape index (κ3) is 2.26. The Balaban J connectivity index is 2.24. The van der Waals surface area contributed by atoms with Crippen LogP contribution in [0.1, 0.15) is 20.8 Å². The minimum absolute atomic E-state index is 0.0884. The first-order valence-electron chi connectivity index (χ1n) is 6.28. The van der Waals surface area contributed by atoms with Gasteiger partial charge in [-0.15, -0.1) is 0 Å². The normalized spacial score (nSPS) is 25.4. The molecule has 98 valence electrons. The first kappa shape index (κ1) is 13.1. The summed E-state index contributed by atoms with van der Waals surface area (Å²) in [6.45, 7) is 5.73. The summed E-state index contributed by atoms with van der Waals surface area (Å²) in [6.07, 6.45) is -1.39. The van der Waals surface area contributed by atoms with Gasteiger partial charge in [0, 0.05) is 5.71 Å². The number of hydrogen-bond donors (Lipinski definition) is 2. The maximum atomic E-state index is 10.3. The summed E-state index contributed by atoms with van der Waals surface area (Å²) in [5.41, 5.74) is 1.61. The van der Waals surface area contributed by atoms with Crippen LogP contribution in [0.15, 0.2) is 35.4 Å². The molecule has 0 aromatic heterocycles. The van der Waals surface area contributed by atoms with Gasteiger partial charge in [-0.25, -0.2) is 5.01 Å². The molecule has 1 aliphatic rings. The summed E-state index contributed by atoms with van der Waals surface area (Å²) < 4.78 is 0. The molecule has 3 unspecified atom stereocenters. The number of para-hydroxylation sites is 1. The smallest absolute Gasteiger partial charge is 0.158 e. The van der Waals surface area contributed by atoms with Gasteiger partial charge in [-0.3, -0.25) is 0 Å². The van der Waals surface area contributed by atoms with Crippen LogP contribution in [0.4, 0.5) is 5.69 Å². The minimum Gasteiger partial charge on any atom is -0.392 e. The average molecular weight is 248 g/mol. The molecule has 1 aromatic carbocycles. The zero-order valence-corrected chi connectivity index (χ0v) is 11.0. The van der Waals surface area contributed by atoms with E-state index in [-0.39, 0.29) is 11.8 Å². The predicted octanol–water partition coefficient (Wildman–Crippen LogP) is 1.83. The van der Waals surface area contributed by atoms with Crippen molar-refractivity contribution >= 4 is 11.4 Å². The van der Waals surface area contributed by atoms with Crippen molar-refractivity contribution in [2.75, 3.05) is 5.01 Å². The molecule has 0 bridgehead atoms. The zero-order chi connectivity index (χ0) is 13.3. The number of aliphatic hydroxyl groups is 2. The van der Waals surface area contributed by atoms with Crippen molar-refractivity contribution in [1.29, 1.82) is 0 Å². The standard InChI is InChI=1S/C14H20N2O2/c1-9(2)13(17)12-10(3)15-16(14(12)18)11-7-5-4-6-8-11/h4-9,12-14,17-18H,1-3H3. The van der Waals surface area contributed by atoms with Crippen molar-refractivity contribution in [2.24, 2.45) is 16.9 Å². The fourth-order valence-corrected chi connectivity index (χ4v) is 2.29. The van der Waals surface area contributed by atoms with E-state index in [1.165, 1.54) is 0 Å². The van der Waals surface area contributed by atoms with Crippen molar-refractivity contribution in [2.45, 2.75) is 33.1 Å². The molecule has 0 saturated heterocycles. The van der Waals surface area contributed by atoms with Crippen molar-refractivity contribution < 1.29 is 10.2 Å². The molecule has 1 aromatic rings. The van der Waals surface area contributed by atoms with Crippen molar-refractivity contribution in [3.05, 3.63) is 30.3 Å². The number of benzene rings is 1. The Labute approximate surface area is 108 Å². The molecule has 0 saturated carbocycles. The molecule has 1 heterocycles. The predicted molar refractivity (Wildman–Crippen MR) is 72.4 cm³/mol. The Morgan fingerprint density at radius 2 is 1.83 bits per heavy atom. The van der Waals surface area contributed by atoms with Crippen LogP contribution >= 0.6 is 0 Å². The summed E-state index contributed by atoms with van der Waals surface area (Å²) >= 11 is 0. The van der Waals surface area contributed by atoms with Gasteiger partial charge in [0.1, 0.15) is 0 Å². The van der Waals surface area contributed by atoms with Crippen molar-refractivity contribution in [3.8, 4) is 0 Å². The molecule has 18 heavy (non-hydrogen) atoms. The highest BCUT2D eigenvalue weighted by Crippen LogP contribution is 2.30. The molecule has 2 N–H and O–H groups in total. The van der Waals surface area contributed by atoms with E-state index in [0.29, 0.717) is 0 Å². The van der Waals surface area contributed by atoms with Crippen LogP contribution in [0.3, 0.4) is 0 Å². The zero-order valence-electron chi connectivity index (χ0n) is 11.0. The largest absolute Gasteiger partial charge is 0.392 e. The van der Waals surface area contributed by atoms with Gasteiger partial charge in [-0.1, -0.05) is 32.0 Å². The van der Waals surface area contributed by atoms with E-state index in [0.717, 1.165) is 11.4 Å². The lowest BCUT2D eigenvalue weighted by Gasteiger charge is -2.28. The van der Waals surface area contributed by atoms with Crippen LogP contribution in [0.2, 0.25) is 0 Å². The van der Waals surface area contributed by atoms with E-state index in [1.807, 2.05) is 51.1 Å². The Hall–Kier alpha value is -1.39. The lowest BCUT2D eigenvalue weighted by molar-refractivity contribution is 0.0273. The van der Waals surface area contributed by atoms with Crippen LogP contribution in [-0.2, 0) is 0 Å². The highest BCUT2D eigenvalue weighted by Gasteiger charge is 2.40. The molecule has 4 nitrogen and oxygen atoms in total. The molecule has 3 atom stereocenters. The average Bonchev–Trinajstić information content (AvgIpc) is 2.65. The van der Waals surface area contributed by atoms with E-state index in [1.54, 1.807) is 5.01 Å². The fraction of sp³-hybridized carbons (Fsp3) is 0.500. The van der Waals surface area contributed by atoms with E-state index in [9.17, 15) is 10.2 Å². The number of rotatable bonds is 3. The second-order valence-electron chi connectivity index (χ2n) is 5.10. The van der Waals surface area contributed by atoms with Gasteiger partial charge in [0.25, 0.3) is 0 Å². The van der Waals surface area contributed by atoms with E-state index in [2.05, 4.69) is 5.10 Å². The maximum Gasteiger partial charge on any atom is 0.158 e. The number of hydrazone groups is 1. The number of anilines is 1. The lowest BCUT2D eigenvalue weighted by Crippen LogP contribution is -2.41. The molecule has 1 aliphatic heterocycles. The van der Waals surface area contributed by atoms with Gasteiger partial charge in [-0.05, 0) is 25.0 Å². The van der Waals surface area contributed by atoms with Gasteiger partial charge in [0.15, 0.2) is 6.23 Å². The van der Waals surface area contributed by atoms with Crippen LogP contribution < -0.4 is 5.01 Å². The highest BCUT2D eigenvalue weighted by molar-refractivity contribution is 5.89. The molecule has 0 spiro atoms. The summed E-state index contributed by atoms with van der Waals surface area (Å²) in [6, 6.07) is 9.51. The fourth-order valence-electron chi connectivity index (χ4n) is 2.29. The Morgan fingerprint density at radius 3 is 2.39 bits per heavy atom. The second-order valence-corrected chi connectivity index (χ2v) is 5.10. The third-order valence-corrected chi connectivity index (χ3v) is 3.39. The molecular weight excluding hydrogens is 228 g/mol. The first-order chi connectivity index (χ1) is 8.52. The topological polar surface area (TPSA) is 56.1 Å². The molecular formula is C14H20N2O2. The Morgan fingerprint density at radius 1 is 1.22 bits per heavy atom. The minimum atomic E-state index is -0.801. The first-order valence-corrected chi connectivity index (χ1v) is 6.28. The summed E-state index contributed by atoms with van der Waals surface area (Å²) in [7, 11) is 0. The summed E-state index contributed by atoms with van der Waals surface area (Å²) in [5, 5.41) is 26.4. The van der Waals surface area contributed by atoms with Crippen LogP contribution in [-0.4, -0.2) is 28.3 Å². The molecule has 0 fully saturated rings. The maximum absolute atomic E-state index is 10.3. The van der Waals surface area contributed by atoms with E-state index in [4.69, 9.17) is 0 Å². The van der Waals surface area contributed by atoms with E-state index < -0.39 is 12.3 Å². The monoisotopic (exact) mass is 248 g/mol. The third-order valence-electron chi connectivity index (χ3n) is 3.39. The summed E-state index contributed by atoms with van der Waals surface area (Å²) in [4.78, 5) is 0. The molecule has 0 radical (unpaired) electrons. The van der Waals surface area contributed by atoms with Crippen molar-refractivity contribution in [3.63, 3.8) is 0 Å². The molecule has 2 rings (SSSR count). The van der Waals surface area contributed by atoms with Crippen LogP contribution in [0, 0.1) is 11.8 Å². The highest BCUT2D eigenvalue weighted by atomic mass is 16.3. The molecule has 0 amide bonds. The number of hydrogen-bond acceptors (Lipinski definition) is 4. The number of nitrogens with zero attached hydrogens (tertiary/aromatic N) is 2. The Kier molecular flexibility index (Phi) is 3.68. The quantitative estimate of drug-likeness (QED) is 0.858. The van der Waals surface area contributed by atoms with Gasteiger partial charge >= 0.3 is 0 Å². The Bertz CT molecular complexity index is 431.